The lowest BCUT2D eigenvalue weighted by molar-refractivity contribution is -0.139. The Morgan fingerprint density at radius 2 is 1.64 bits per heavy atom. The Morgan fingerprint density at radius 1 is 0.970 bits per heavy atom. The van der Waals surface area contributed by atoms with Gasteiger partial charge in [0.25, 0.3) is 11.8 Å². The third-order valence-electron chi connectivity index (χ3n) is 6.59. The topological polar surface area (TPSA) is 76.1 Å². The van der Waals surface area contributed by atoms with Crippen LogP contribution in [0.1, 0.15) is 59.4 Å². The van der Waals surface area contributed by atoms with E-state index in [1.807, 2.05) is 4.90 Å². The van der Waals surface area contributed by atoms with Gasteiger partial charge < -0.3 is 19.3 Å². The van der Waals surface area contributed by atoms with E-state index in [0.717, 1.165) is 30.5 Å². The van der Waals surface area contributed by atoms with Crippen LogP contribution < -0.4 is 9.64 Å². The number of benzene rings is 2. The van der Waals surface area contributed by atoms with Gasteiger partial charge in [-0.15, -0.1) is 0 Å². The zero-order chi connectivity index (χ0) is 23.5. The van der Waals surface area contributed by atoms with Crippen LogP contribution >= 0.6 is 0 Å². The van der Waals surface area contributed by atoms with Gasteiger partial charge in [0.1, 0.15) is 5.75 Å². The predicted octanol–water partition coefficient (Wildman–Crippen LogP) is 3.84. The molecule has 0 saturated carbocycles. The van der Waals surface area contributed by atoms with E-state index in [1.165, 1.54) is 7.11 Å². The summed E-state index contributed by atoms with van der Waals surface area (Å²) < 4.78 is 10.5. The van der Waals surface area contributed by atoms with E-state index in [-0.39, 0.29) is 36.5 Å². The fraction of sp³-hybridized carbons (Fsp3) is 0.423. The van der Waals surface area contributed by atoms with Crippen molar-refractivity contribution in [3.8, 4) is 5.75 Å². The van der Waals surface area contributed by atoms with Crippen LogP contribution in [0.15, 0.2) is 42.5 Å². The van der Waals surface area contributed by atoms with Gasteiger partial charge in [-0.05, 0) is 87.6 Å². The molecule has 174 valence electrons. The minimum atomic E-state index is -0.388. The van der Waals surface area contributed by atoms with E-state index in [2.05, 4.69) is 13.8 Å². The second kappa shape index (κ2) is 9.65. The van der Waals surface area contributed by atoms with Gasteiger partial charge in [0.2, 0.25) is 0 Å². The van der Waals surface area contributed by atoms with Gasteiger partial charge in [-0.1, -0.05) is 0 Å². The second-order valence-corrected chi connectivity index (χ2v) is 8.78. The van der Waals surface area contributed by atoms with Gasteiger partial charge in [0.15, 0.2) is 6.61 Å². The lowest BCUT2D eigenvalue weighted by Gasteiger charge is -2.38. The zero-order valence-electron chi connectivity index (χ0n) is 19.4. The summed E-state index contributed by atoms with van der Waals surface area (Å²) in [4.78, 5) is 41.1. The average Bonchev–Trinajstić information content (AvgIpc) is 3.25. The largest absolute Gasteiger partial charge is 0.484 e. The zero-order valence-corrected chi connectivity index (χ0v) is 19.4. The molecule has 2 unspecified atom stereocenters. The van der Waals surface area contributed by atoms with E-state index >= 15 is 0 Å². The van der Waals surface area contributed by atoms with Crippen molar-refractivity contribution in [2.24, 2.45) is 0 Å². The lowest BCUT2D eigenvalue weighted by atomic mass is 9.97. The Balaban J connectivity index is 1.38. The average molecular weight is 451 g/mol. The van der Waals surface area contributed by atoms with E-state index in [4.69, 9.17) is 9.47 Å². The Labute approximate surface area is 194 Å². The van der Waals surface area contributed by atoms with E-state index in [1.54, 1.807) is 47.4 Å². The van der Waals surface area contributed by atoms with E-state index in [0.29, 0.717) is 29.8 Å². The highest BCUT2D eigenvalue weighted by Crippen LogP contribution is 2.31. The highest BCUT2D eigenvalue weighted by Gasteiger charge is 2.29. The molecule has 0 aliphatic carbocycles. The van der Waals surface area contributed by atoms with E-state index < -0.39 is 0 Å². The monoisotopic (exact) mass is 450 g/mol. The number of carbonyl (C=O) groups excluding carboxylic acids is 3. The number of likely N-dealkylation sites (tertiary alicyclic amines) is 1. The number of hydrogen-bond acceptors (Lipinski definition) is 5. The predicted molar refractivity (Wildman–Crippen MR) is 125 cm³/mol. The van der Waals surface area contributed by atoms with Crippen LogP contribution in [0.4, 0.5) is 5.69 Å². The Hall–Kier alpha value is -3.35. The van der Waals surface area contributed by atoms with Crippen LogP contribution in [0.3, 0.4) is 0 Å². The van der Waals surface area contributed by atoms with Crippen molar-refractivity contribution in [3.63, 3.8) is 0 Å². The molecule has 2 amide bonds. The number of methoxy groups -OCH3 is 1. The molecule has 0 radical (unpaired) electrons. The van der Waals surface area contributed by atoms with Crippen molar-refractivity contribution in [3.05, 3.63) is 59.2 Å². The molecule has 0 spiro atoms. The molecule has 7 nitrogen and oxygen atoms in total. The number of hydrogen-bond donors (Lipinski definition) is 0. The first-order valence-electron chi connectivity index (χ1n) is 11.5. The van der Waals surface area contributed by atoms with Crippen LogP contribution in [0, 0.1) is 0 Å². The van der Waals surface area contributed by atoms with Crippen LogP contribution in [-0.2, 0) is 16.0 Å². The Bertz CT molecular complexity index is 1040. The summed E-state index contributed by atoms with van der Waals surface area (Å²) in [6, 6.07) is 12.6. The van der Waals surface area contributed by atoms with Crippen molar-refractivity contribution in [1.82, 2.24) is 4.90 Å². The number of amides is 2. The summed E-state index contributed by atoms with van der Waals surface area (Å²) in [5, 5.41) is 0. The molecular weight excluding hydrogens is 420 g/mol. The van der Waals surface area contributed by atoms with Crippen molar-refractivity contribution in [2.45, 2.75) is 51.6 Å². The fourth-order valence-corrected chi connectivity index (χ4v) is 4.84. The molecule has 7 heteroatoms. The standard InChI is InChI=1S/C26H30N2O5/c1-17-5-4-6-18(2)28(17)24(29)16-33-22-10-7-19(8-11-22)25(30)27-14-13-20-15-21(26(31)32-3)9-12-23(20)27/h7-12,15,17-18H,4-6,13-14,16H2,1-3H3. The van der Waals surface area contributed by atoms with E-state index in [9.17, 15) is 14.4 Å². The summed E-state index contributed by atoms with van der Waals surface area (Å²) in [5.74, 6) is 0.0515. The van der Waals surface area contributed by atoms with Crippen molar-refractivity contribution < 1.29 is 23.9 Å². The number of fused-ring (bicyclic) bond motifs is 1. The molecule has 1 fully saturated rings. The molecule has 0 aromatic heterocycles. The molecule has 1 saturated heterocycles. The lowest BCUT2D eigenvalue weighted by Crippen LogP contribution is -2.49. The number of anilines is 1. The number of nitrogens with zero attached hydrogens (tertiary/aromatic N) is 2. The quantitative estimate of drug-likeness (QED) is 0.647. The summed E-state index contributed by atoms with van der Waals surface area (Å²) in [6.45, 7) is 4.71. The number of esters is 1. The van der Waals surface area contributed by atoms with Crippen LogP contribution in [0.5, 0.6) is 5.75 Å². The van der Waals surface area contributed by atoms with Gasteiger partial charge in [-0.2, -0.15) is 0 Å². The number of piperidine rings is 1. The molecule has 2 aromatic carbocycles. The molecule has 2 aromatic rings. The second-order valence-electron chi connectivity index (χ2n) is 8.78. The molecule has 2 aliphatic heterocycles. The molecule has 2 aliphatic rings. The minimum Gasteiger partial charge on any atom is -0.484 e. The van der Waals surface area contributed by atoms with Crippen LogP contribution in [0.25, 0.3) is 0 Å². The Morgan fingerprint density at radius 3 is 2.30 bits per heavy atom. The number of ether oxygens (including phenoxy) is 2. The molecular formula is C26H30N2O5. The fourth-order valence-electron chi connectivity index (χ4n) is 4.84. The summed E-state index contributed by atoms with van der Waals surface area (Å²) in [5.41, 5.74) is 2.78. The molecule has 2 atom stereocenters. The molecule has 33 heavy (non-hydrogen) atoms. The first-order valence-corrected chi connectivity index (χ1v) is 11.5. The van der Waals surface area contributed by atoms with Gasteiger partial charge in [0, 0.05) is 29.9 Å². The maximum Gasteiger partial charge on any atom is 0.337 e. The van der Waals surface area contributed by atoms with Crippen molar-refractivity contribution in [1.29, 1.82) is 0 Å². The first kappa shape index (κ1) is 22.8. The first-order chi connectivity index (χ1) is 15.9. The van der Waals surface area contributed by atoms with Crippen molar-refractivity contribution >= 4 is 23.5 Å². The molecule has 0 N–H and O–H groups in total. The Kier molecular flexibility index (Phi) is 6.67. The highest BCUT2D eigenvalue weighted by atomic mass is 16.5. The number of carbonyl (C=O) groups is 3. The molecule has 4 rings (SSSR count). The normalized spacial score (nSPS) is 19.7. The SMILES string of the molecule is COC(=O)c1ccc2c(c1)CCN2C(=O)c1ccc(OCC(=O)N2C(C)CCCC2C)cc1. The summed E-state index contributed by atoms with van der Waals surface area (Å²) in [7, 11) is 1.35. The van der Waals surface area contributed by atoms with Crippen LogP contribution in [-0.4, -0.2) is 55.0 Å². The number of rotatable bonds is 5. The third-order valence-corrected chi connectivity index (χ3v) is 6.59. The summed E-state index contributed by atoms with van der Waals surface area (Å²) >= 11 is 0. The van der Waals surface area contributed by atoms with Crippen molar-refractivity contribution in [2.75, 3.05) is 25.2 Å². The van der Waals surface area contributed by atoms with Gasteiger partial charge in [-0.25, -0.2) is 4.79 Å². The smallest absolute Gasteiger partial charge is 0.337 e. The van der Waals surface area contributed by atoms with Crippen LogP contribution in [0.2, 0.25) is 0 Å². The summed E-state index contributed by atoms with van der Waals surface area (Å²) in [6.07, 6.45) is 3.88. The van der Waals surface area contributed by atoms with Gasteiger partial charge >= 0.3 is 5.97 Å². The third kappa shape index (κ3) is 4.72. The molecule has 0 bridgehead atoms. The minimum absolute atomic E-state index is 0.00477. The van der Waals surface area contributed by atoms with Gasteiger partial charge in [-0.3, -0.25) is 9.59 Å². The van der Waals surface area contributed by atoms with Gasteiger partial charge in [0.05, 0.1) is 12.7 Å². The molecule has 2 heterocycles. The maximum absolute atomic E-state index is 13.1. The highest BCUT2D eigenvalue weighted by molar-refractivity contribution is 6.07. The maximum atomic E-state index is 13.1.